The molecule has 1 unspecified atom stereocenters. The van der Waals surface area contributed by atoms with Crippen molar-refractivity contribution in [3.8, 4) is 5.75 Å². The van der Waals surface area contributed by atoms with Crippen LogP contribution in [-0.4, -0.2) is 37.0 Å². The molecule has 1 aromatic carbocycles. The molecule has 6 heteroatoms. The summed E-state index contributed by atoms with van der Waals surface area (Å²) in [7, 11) is 3.15. The van der Waals surface area contributed by atoms with Crippen LogP contribution < -0.4 is 15.8 Å². The molecule has 1 aromatic rings. The molecule has 0 bridgehead atoms. The van der Waals surface area contributed by atoms with E-state index < -0.39 is 6.04 Å². The van der Waals surface area contributed by atoms with E-state index in [2.05, 4.69) is 5.32 Å². The van der Waals surface area contributed by atoms with Gasteiger partial charge in [0.25, 0.3) is 0 Å². The maximum atomic E-state index is 11.9. The number of amidine groups is 1. The summed E-state index contributed by atoms with van der Waals surface area (Å²) in [4.78, 5) is 13.2. The number of amides is 2. The van der Waals surface area contributed by atoms with Crippen molar-refractivity contribution in [2.24, 2.45) is 5.73 Å². The summed E-state index contributed by atoms with van der Waals surface area (Å²) >= 11 is 0. The fourth-order valence-electron chi connectivity index (χ4n) is 1.30. The predicted octanol–water partition coefficient (Wildman–Crippen LogP) is 1.48. The Morgan fingerprint density at radius 2 is 2.22 bits per heavy atom. The molecule has 0 fully saturated rings. The van der Waals surface area contributed by atoms with Crippen molar-refractivity contribution >= 4 is 17.6 Å². The van der Waals surface area contributed by atoms with Crippen molar-refractivity contribution in [2.45, 2.75) is 13.0 Å². The summed E-state index contributed by atoms with van der Waals surface area (Å²) in [5, 5.41) is 10.0. The van der Waals surface area contributed by atoms with Gasteiger partial charge in [-0.15, -0.1) is 0 Å². The quantitative estimate of drug-likeness (QED) is 0.558. The number of carbonyl (C=O) groups is 1. The van der Waals surface area contributed by atoms with Crippen molar-refractivity contribution in [3.63, 3.8) is 0 Å². The van der Waals surface area contributed by atoms with Gasteiger partial charge in [-0.3, -0.25) is 5.41 Å². The van der Waals surface area contributed by atoms with E-state index in [9.17, 15) is 4.79 Å². The minimum absolute atomic E-state index is 0.0571. The minimum Gasteiger partial charge on any atom is -0.497 e. The molecule has 18 heavy (non-hydrogen) atoms. The van der Waals surface area contributed by atoms with Crippen LogP contribution in [0.5, 0.6) is 5.75 Å². The van der Waals surface area contributed by atoms with E-state index in [1.165, 1.54) is 4.90 Å². The van der Waals surface area contributed by atoms with Crippen molar-refractivity contribution in [1.29, 1.82) is 5.41 Å². The highest BCUT2D eigenvalue weighted by Crippen LogP contribution is 2.17. The number of methoxy groups -OCH3 is 1. The lowest BCUT2D eigenvalue weighted by molar-refractivity contribution is 0.218. The standard InChI is InChI=1S/C12H18N4O2/c1-8(11(13)14)16(2)12(17)15-9-5-4-6-10(7-9)18-3/h4-8H,1-3H3,(H3,13,14)(H,15,17). The van der Waals surface area contributed by atoms with Crippen LogP contribution in [0.25, 0.3) is 0 Å². The average Bonchev–Trinajstić information content (AvgIpc) is 2.36. The van der Waals surface area contributed by atoms with Crippen LogP contribution in [0.1, 0.15) is 6.92 Å². The molecule has 0 aliphatic carbocycles. The first-order chi connectivity index (χ1) is 8.45. The van der Waals surface area contributed by atoms with E-state index in [0.29, 0.717) is 11.4 Å². The number of likely N-dealkylation sites (N-methyl/N-ethyl adjacent to an activating group) is 1. The van der Waals surface area contributed by atoms with Crippen molar-refractivity contribution < 1.29 is 9.53 Å². The number of anilines is 1. The summed E-state index contributed by atoms with van der Waals surface area (Å²) < 4.78 is 5.06. The fourth-order valence-corrected chi connectivity index (χ4v) is 1.30. The smallest absolute Gasteiger partial charge is 0.322 e. The van der Waals surface area contributed by atoms with Crippen molar-refractivity contribution in [1.82, 2.24) is 4.90 Å². The van der Waals surface area contributed by atoms with Gasteiger partial charge >= 0.3 is 6.03 Å². The van der Waals surface area contributed by atoms with Gasteiger partial charge in [-0.25, -0.2) is 4.79 Å². The Bertz CT molecular complexity index is 447. The molecule has 0 heterocycles. The summed E-state index contributed by atoms with van der Waals surface area (Å²) in [6.07, 6.45) is 0. The van der Waals surface area contributed by atoms with Crippen LogP contribution in [0.2, 0.25) is 0 Å². The first-order valence-electron chi connectivity index (χ1n) is 5.47. The van der Waals surface area contributed by atoms with Crippen molar-refractivity contribution in [3.05, 3.63) is 24.3 Å². The third-order valence-corrected chi connectivity index (χ3v) is 2.67. The molecule has 0 aliphatic heterocycles. The molecule has 1 atom stereocenters. The zero-order valence-corrected chi connectivity index (χ0v) is 10.7. The van der Waals surface area contributed by atoms with Gasteiger partial charge in [-0.05, 0) is 19.1 Å². The molecule has 0 saturated heterocycles. The first-order valence-corrected chi connectivity index (χ1v) is 5.47. The number of hydrogen-bond acceptors (Lipinski definition) is 3. The number of nitrogens with two attached hydrogens (primary N) is 1. The van der Waals surface area contributed by atoms with Gasteiger partial charge in [0.05, 0.1) is 13.2 Å². The van der Waals surface area contributed by atoms with Crippen LogP contribution in [-0.2, 0) is 0 Å². The zero-order chi connectivity index (χ0) is 13.7. The topological polar surface area (TPSA) is 91.4 Å². The predicted molar refractivity (Wildman–Crippen MR) is 71.2 cm³/mol. The van der Waals surface area contributed by atoms with Crippen LogP contribution in [0.15, 0.2) is 24.3 Å². The van der Waals surface area contributed by atoms with E-state index in [1.54, 1.807) is 45.3 Å². The van der Waals surface area contributed by atoms with Gasteiger partial charge in [-0.1, -0.05) is 6.07 Å². The Morgan fingerprint density at radius 3 is 2.78 bits per heavy atom. The average molecular weight is 250 g/mol. The Hall–Kier alpha value is -2.24. The molecule has 98 valence electrons. The number of hydrogen-bond donors (Lipinski definition) is 3. The maximum absolute atomic E-state index is 11.9. The molecule has 0 aliphatic rings. The highest BCUT2D eigenvalue weighted by molar-refractivity contribution is 5.93. The van der Waals surface area contributed by atoms with Gasteiger partial charge in [-0.2, -0.15) is 0 Å². The molecule has 2 amide bonds. The summed E-state index contributed by atoms with van der Waals surface area (Å²) in [6.45, 7) is 1.69. The summed E-state index contributed by atoms with van der Waals surface area (Å²) in [5.74, 6) is 0.605. The second kappa shape index (κ2) is 5.90. The van der Waals surface area contributed by atoms with Gasteiger partial charge < -0.3 is 20.7 Å². The molecule has 0 radical (unpaired) electrons. The molecule has 6 nitrogen and oxygen atoms in total. The van der Waals surface area contributed by atoms with Crippen molar-refractivity contribution in [2.75, 3.05) is 19.5 Å². The van der Waals surface area contributed by atoms with E-state index >= 15 is 0 Å². The normalized spacial score (nSPS) is 11.5. The SMILES string of the molecule is COc1cccc(NC(=O)N(C)C(C)C(=N)N)c1. The third kappa shape index (κ3) is 3.38. The molecule has 0 saturated carbocycles. The first kappa shape index (κ1) is 13.8. The fraction of sp³-hybridized carbons (Fsp3) is 0.333. The second-order valence-corrected chi connectivity index (χ2v) is 3.90. The monoisotopic (exact) mass is 250 g/mol. The lowest BCUT2D eigenvalue weighted by Crippen LogP contribution is -2.45. The highest BCUT2D eigenvalue weighted by Gasteiger charge is 2.17. The van der Waals surface area contributed by atoms with Gasteiger partial charge in [0.15, 0.2) is 0 Å². The third-order valence-electron chi connectivity index (χ3n) is 2.67. The molecule has 1 rings (SSSR count). The van der Waals surface area contributed by atoms with E-state index in [0.717, 1.165) is 0 Å². The van der Waals surface area contributed by atoms with E-state index in [4.69, 9.17) is 15.9 Å². The van der Waals surface area contributed by atoms with Gasteiger partial charge in [0.2, 0.25) is 0 Å². The number of nitrogens with one attached hydrogen (secondary N) is 2. The second-order valence-electron chi connectivity index (χ2n) is 3.90. The molecule has 0 spiro atoms. The van der Waals surface area contributed by atoms with Gasteiger partial charge in [0, 0.05) is 18.8 Å². The van der Waals surface area contributed by atoms with E-state index in [-0.39, 0.29) is 11.9 Å². The number of carbonyl (C=O) groups excluding carboxylic acids is 1. The Morgan fingerprint density at radius 1 is 1.56 bits per heavy atom. The summed E-state index contributed by atoms with van der Waals surface area (Å²) in [5.41, 5.74) is 5.98. The molecular weight excluding hydrogens is 232 g/mol. The molecule has 0 aromatic heterocycles. The molecular formula is C12H18N4O2. The number of rotatable bonds is 4. The Kier molecular flexibility index (Phi) is 4.53. The van der Waals surface area contributed by atoms with Crippen LogP contribution >= 0.6 is 0 Å². The lowest BCUT2D eigenvalue weighted by atomic mass is 10.3. The van der Waals surface area contributed by atoms with Crippen LogP contribution in [0.3, 0.4) is 0 Å². The van der Waals surface area contributed by atoms with Gasteiger partial charge in [0.1, 0.15) is 11.6 Å². The molecule has 4 N–H and O–H groups in total. The largest absolute Gasteiger partial charge is 0.497 e. The number of ether oxygens (including phenoxy) is 1. The lowest BCUT2D eigenvalue weighted by Gasteiger charge is -2.24. The maximum Gasteiger partial charge on any atom is 0.322 e. The number of urea groups is 1. The highest BCUT2D eigenvalue weighted by atomic mass is 16.5. The summed E-state index contributed by atoms with van der Waals surface area (Å²) in [6, 6.07) is 6.26. The number of nitrogens with zero attached hydrogens (tertiary/aromatic N) is 1. The Labute approximate surface area is 106 Å². The number of benzene rings is 1. The van der Waals surface area contributed by atoms with E-state index in [1.807, 2.05) is 0 Å². The Balaban J connectivity index is 2.72. The van der Waals surface area contributed by atoms with Crippen LogP contribution in [0.4, 0.5) is 10.5 Å². The minimum atomic E-state index is -0.449. The zero-order valence-electron chi connectivity index (χ0n) is 10.7. The van der Waals surface area contributed by atoms with Crippen LogP contribution in [0, 0.1) is 5.41 Å².